The van der Waals surface area contributed by atoms with Gasteiger partial charge >= 0.3 is 13.1 Å². The van der Waals surface area contributed by atoms with Gasteiger partial charge in [0.25, 0.3) is 8.32 Å². The molecule has 1 aliphatic rings. The highest BCUT2D eigenvalue weighted by Crippen LogP contribution is 2.40. The van der Waals surface area contributed by atoms with E-state index in [0.29, 0.717) is 12.8 Å². The van der Waals surface area contributed by atoms with Gasteiger partial charge in [-0.2, -0.15) is 0 Å². The lowest BCUT2D eigenvalue weighted by atomic mass is 9.77. The van der Waals surface area contributed by atoms with E-state index in [-0.39, 0.29) is 17.6 Å². The molecule has 7 heteroatoms. The van der Waals surface area contributed by atoms with E-state index in [1.807, 2.05) is 26.0 Å². The lowest BCUT2D eigenvalue weighted by Crippen LogP contribution is -2.67. The van der Waals surface area contributed by atoms with Crippen molar-refractivity contribution in [3.05, 3.63) is 72.2 Å². The van der Waals surface area contributed by atoms with Gasteiger partial charge in [-0.3, -0.25) is 4.79 Å². The number of rotatable bonds is 10. The van der Waals surface area contributed by atoms with E-state index in [1.165, 1.54) is 17.5 Å². The molecule has 39 heavy (non-hydrogen) atoms. The molecule has 1 aliphatic heterocycles. The molecule has 0 aromatic heterocycles. The minimum absolute atomic E-state index is 0.181. The van der Waals surface area contributed by atoms with Crippen molar-refractivity contribution in [1.29, 1.82) is 0 Å². The van der Waals surface area contributed by atoms with Crippen LogP contribution in [0.4, 0.5) is 0 Å². The van der Waals surface area contributed by atoms with E-state index in [1.54, 1.807) is 0 Å². The predicted octanol–water partition coefficient (Wildman–Crippen LogP) is 6.10. The topological polar surface area (TPSA) is 54.0 Å². The molecule has 1 heterocycles. The molecule has 0 unspecified atom stereocenters. The molecule has 2 aromatic carbocycles. The number of carbonyl (C=O) groups is 1. The lowest BCUT2D eigenvalue weighted by molar-refractivity contribution is -0.154. The fraction of sp³-hybridized carbons (Fsp3) is 0.531. The van der Waals surface area contributed by atoms with Crippen LogP contribution in [0.3, 0.4) is 0 Å². The zero-order valence-electron chi connectivity index (χ0n) is 25.6. The molecule has 0 radical (unpaired) electrons. The van der Waals surface area contributed by atoms with E-state index in [0.717, 1.165) is 5.47 Å². The van der Waals surface area contributed by atoms with Crippen LogP contribution in [0.15, 0.2) is 72.2 Å². The van der Waals surface area contributed by atoms with E-state index in [2.05, 4.69) is 103 Å². The minimum Gasteiger partial charge on any atom is -0.469 e. The van der Waals surface area contributed by atoms with Crippen LogP contribution < -0.4 is 10.4 Å². The third-order valence-electron chi connectivity index (χ3n) is 8.49. The monoisotopic (exact) mass is 550 g/mol. The van der Waals surface area contributed by atoms with Crippen LogP contribution in [-0.4, -0.2) is 46.3 Å². The Morgan fingerprint density at radius 1 is 0.897 bits per heavy atom. The van der Waals surface area contributed by atoms with Crippen molar-refractivity contribution in [2.24, 2.45) is 5.41 Å². The summed E-state index contributed by atoms with van der Waals surface area (Å²) in [4.78, 5) is 13.2. The molecule has 1 atom stereocenters. The van der Waals surface area contributed by atoms with Crippen molar-refractivity contribution >= 4 is 31.8 Å². The Kier molecular flexibility index (Phi) is 9.43. The van der Waals surface area contributed by atoms with Crippen LogP contribution in [0.5, 0.6) is 0 Å². The van der Waals surface area contributed by atoms with Gasteiger partial charge < -0.3 is 18.5 Å². The Morgan fingerprint density at radius 3 is 1.77 bits per heavy atom. The average molecular weight is 551 g/mol. The van der Waals surface area contributed by atoms with Gasteiger partial charge in [-0.05, 0) is 75.3 Å². The quantitative estimate of drug-likeness (QED) is 0.264. The molecule has 0 amide bonds. The molecule has 1 saturated heterocycles. The summed E-state index contributed by atoms with van der Waals surface area (Å²) >= 11 is 0. The molecular weight excluding hydrogens is 503 g/mol. The Hall–Kier alpha value is -2.19. The molecule has 212 valence electrons. The standard InChI is InChI=1S/C32H47BO5Si/c1-25(33-37-30(5,6)31(7,8)38-33)18-17-23-32(9,28(34)35-10)24-36-39(29(2,3)4,26-19-13-11-14-20-26)27-21-15-12-16-22-27/h11-16,18-22H,17,23-24H2,1-10H3/b25-18+/t32-/m1/s1. The summed E-state index contributed by atoms with van der Waals surface area (Å²) in [6, 6.07) is 21.0. The SMILES string of the molecule is COC(=O)[C@](C)(CC/C=C(\C)B1OC(C)(C)C(C)(C)O1)CO[Si](c1ccccc1)(c1ccccc1)C(C)(C)C. The van der Waals surface area contributed by atoms with Gasteiger partial charge in [-0.25, -0.2) is 0 Å². The van der Waals surface area contributed by atoms with E-state index < -0.39 is 32.1 Å². The number of benzene rings is 2. The van der Waals surface area contributed by atoms with E-state index in [9.17, 15) is 4.79 Å². The van der Waals surface area contributed by atoms with Crippen molar-refractivity contribution in [2.45, 2.75) is 91.4 Å². The third-order valence-corrected chi connectivity index (χ3v) is 13.5. The zero-order valence-corrected chi connectivity index (χ0v) is 26.6. The molecule has 3 rings (SSSR count). The normalized spacial score (nSPS) is 19.0. The Morgan fingerprint density at radius 2 is 1.36 bits per heavy atom. The molecule has 0 bridgehead atoms. The van der Waals surface area contributed by atoms with Crippen molar-refractivity contribution in [1.82, 2.24) is 0 Å². The van der Waals surface area contributed by atoms with Crippen LogP contribution in [0.2, 0.25) is 5.04 Å². The van der Waals surface area contributed by atoms with Crippen LogP contribution >= 0.6 is 0 Å². The van der Waals surface area contributed by atoms with Crippen molar-refractivity contribution in [3.63, 3.8) is 0 Å². The van der Waals surface area contributed by atoms with Crippen LogP contribution in [0, 0.1) is 5.41 Å². The predicted molar refractivity (Wildman–Crippen MR) is 163 cm³/mol. The second kappa shape index (κ2) is 11.7. The second-order valence-corrected chi connectivity index (χ2v) is 17.4. The summed E-state index contributed by atoms with van der Waals surface area (Å²) in [5.74, 6) is -0.262. The maximum atomic E-state index is 13.2. The van der Waals surface area contributed by atoms with Gasteiger partial charge in [0.15, 0.2) is 0 Å². The largest absolute Gasteiger partial charge is 0.489 e. The number of esters is 1. The molecule has 0 saturated carbocycles. The fourth-order valence-corrected chi connectivity index (χ4v) is 9.94. The summed E-state index contributed by atoms with van der Waals surface area (Å²) in [5.41, 5.74) is -0.601. The number of carbonyl (C=O) groups excluding carboxylic acids is 1. The van der Waals surface area contributed by atoms with Crippen molar-refractivity contribution in [3.8, 4) is 0 Å². The van der Waals surface area contributed by atoms with Gasteiger partial charge in [0, 0.05) is 0 Å². The third kappa shape index (κ3) is 6.43. The second-order valence-electron chi connectivity index (χ2n) is 13.1. The smallest absolute Gasteiger partial charge is 0.469 e. The number of hydrogen-bond donors (Lipinski definition) is 0. The van der Waals surface area contributed by atoms with Gasteiger partial charge in [0.05, 0.1) is 30.3 Å². The Labute approximate surface area is 237 Å². The maximum absolute atomic E-state index is 13.2. The number of hydrogen-bond acceptors (Lipinski definition) is 5. The first-order valence-electron chi connectivity index (χ1n) is 14.0. The molecule has 5 nitrogen and oxygen atoms in total. The highest BCUT2D eigenvalue weighted by atomic mass is 28.4. The van der Waals surface area contributed by atoms with Gasteiger partial charge in [0.2, 0.25) is 0 Å². The summed E-state index contributed by atoms with van der Waals surface area (Å²) in [6.07, 6.45) is 3.37. The first-order valence-corrected chi connectivity index (χ1v) is 15.9. The van der Waals surface area contributed by atoms with Gasteiger partial charge in [-0.1, -0.05) is 87.5 Å². The van der Waals surface area contributed by atoms with E-state index >= 15 is 0 Å². The number of ether oxygens (including phenoxy) is 1. The summed E-state index contributed by atoms with van der Waals surface area (Å²) in [7, 11) is -1.74. The summed E-state index contributed by atoms with van der Waals surface area (Å²) in [6.45, 7) is 19.2. The molecule has 1 fully saturated rings. The fourth-order valence-electron chi connectivity index (χ4n) is 5.25. The van der Waals surface area contributed by atoms with Crippen molar-refractivity contribution < 1.29 is 23.3 Å². The van der Waals surface area contributed by atoms with Crippen LogP contribution in [-0.2, 0) is 23.3 Å². The Balaban J connectivity index is 1.89. The van der Waals surface area contributed by atoms with Crippen LogP contribution in [0.25, 0.3) is 0 Å². The molecular formula is C32H47BO5Si. The first kappa shape index (κ1) is 31.3. The molecule has 2 aromatic rings. The van der Waals surface area contributed by atoms with Gasteiger partial charge in [0.1, 0.15) is 0 Å². The van der Waals surface area contributed by atoms with Crippen molar-refractivity contribution in [2.75, 3.05) is 13.7 Å². The molecule has 0 spiro atoms. The highest BCUT2D eigenvalue weighted by molar-refractivity contribution is 6.99. The lowest BCUT2D eigenvalue weighted by Gasteiger charge is -2.44. The summed E-state index contributed by atoms with van der Waals surface area (Å²) in [5, 5.41) is 2.19. The summed E-state index contributed by atoms with van der Waals surface area (Å²) < 4.78 is 24.9. The maximum Gasteiger partial charge on any atom is 0.489 e. The molecule has 0 N–H and O–H groups in total. The van der Waals surface area contributed by atoms with E-state index in [4.69, 9.17) is 18.5 Å². The highest BCUT2D eigenvalue weighted by Gasteiger charge is 2.53. The zero-order chi connectivity index (χ0) is 29.1. The van der Waals surface area contributed by atoms with Gasteiger partial charge in [-0.15, -0.1) is 0 Å². The first-order chi connectivity index (χ1) is 18.1. The number of methoxy groups -OCH3 is 1. The Bertz CT molecular complexity index is 1080. The van der Waals surface area contributed by atoms with Crippen LogP contribution in [0.1, 0.15) is 75.2 Å². The average Bonchev–Trinajstić information content (AvgIpc) is 3.11. The number of allylic oxidation sites excluding steroid dienone is 2. The minimum atomic E-state index is -2.80. The molecule has 0 aliphatic carbocycles.